The van der Waals surface area contributed by atoms with Gasteiger partial charge in [-0.3, -0.25) is 4.79 Å². The number of piperidine rings is 2. The first-order valence-electron chi connectivity index (χ1n) is 6.64. The van der Waals surface area contributed by atoms with Crippen molar-refractivity contribution in [3.63, 3.8) is 0 Å². The molecule has 3 nitrogen and oxygen atoms in total. The van der Waals surface area contributed by atoms with Crippen LogP contribution in [0.1, 0.15) is 32.6 Å². The molecule has 92 valence electrons. The highest BCUT2D eigenvalue weighted by atomic mass is 16.2. The molecule has 0 radical (unpaired) electrons. The predicted octanol–water partition coefficient (Wildman–Crippen LogP) is 1.59. The van der Waals surface area contributed by atoms with Gasteiger partial charge in [-0.2, -0.15) is 0 Å². The second kappa shape index (κ2) is 5.17. The van der Waals surface area contributed by atoms with Crippen LogP contribution in [0.3, 0.4) is 0 Å². The molecule has 16 heavy (non-hydrogen) atoms. The minimum atomic E-state index is 0.271. The lowest BCUT2D eigenvalue weighted by molar-refractivity contribution is -0.138. The van der Waals surface area contributed by atoms with E-state index in [1.807, 2.05) is 0 Å². The van der Waals surface area contributed by atoms with Crippen LogP contribution in [0.4, 0.5) is 0 Å². The standard InChI is InChI=1S/C13H24N2O/c1-11-5-8-15(9-6-11)13(16)12-4-3-7-14(2)10-12/h11-12H,3-10H2,1-2H3. The fraction of sp³-hybridized carbons (Fsp3) is 0.923. The minimum Gasteiger partial charge on any atom is -0.342 e. The molecule has 2 rings (SSSR count). The summed E-state index contributed by atoms with van der Waals surface area (Å²) in [5.74, 6) is 1.49. The molecule has 1 unspecified atom stereocenters. The molecule has 2 aliphatic rings. The summed E-state index contributed by atoms with van der Waals surface area (Å²) in [5.41, 5.74) is 0. The van der Waals surface area contributed by atoms with Crippen LogP contribution < -0.4 is 0 Å². The van der Waals surface area contributed by atoms with Crippen LogP contribution in [0, 0.1) is 11.8 Å². The molecular formula is C13H24N2O. The highest BCUT2D eigenvalue weighted by molar-refractivity contribution is 5.79. The zero-order valence-electron chi connectivity index (χ0n) is 10.6. The fourth-order valence-corrected chi connectivity index (χ4v) is 2.86. The highest BCUT2D eigenvalue weighted by Gasteiger charge is 2.29. The summed E-state index contributed by atoms with van der Waals surface area (Å²) in [6.45, 7) is 6.38. The fourth-order valence-electron chi connectivity index (χ4n) is 2.86. The number of nitrogens with zero attached hydrogens (tertiary/aromatic N) is 2. The number of amides is 1. The largest absolute Gasteiger partial charge is 0.342 e. The van der Waals surface area contributed by atoms with Crippen LogP contribution in [-0.4, -0.2) is 48.9 Å². The third-order valence-electron chi connectivity index (χ3n) is 4.07. The summed E-state index contributed by atoms with van der Waals surface area (Å²) in [7, 11) is 2.12. The smallest absolute Gasteiger partial charge is 0.226 e. The number of carbonyl (C=O) groups is 1. The van der Waals surface area contributed by atoms with Crippen LogP contribution in [0.15, 0.2) is 0 Å². The summed E-state index contributed by atoms with van der Waals surface area (Å²) in [4.78, 5) is 16.7. The predicted molar refractivity (Wildman–Crippen MR) is 65.2 cm³/mol. The molecule has 0 aromatic rings. The molecule has 3 heteroatoms. The van der Waals surface area contributed by atoms with Crippen molar-refractivity contribution in [2.24, 2.45) is 11.8 Å². The molecule has 1 atom stereocenters. The first kappa shape index (κ1) is 11.9. The number of hydrogen-bond donors (Lipinski definition) is 0. The van der Waals surface area contributed by atoms with Crippen molar-refractivity contribution in [1.82, 2.24) is 9.80 Å². The molecule has 1 amide bonds. The molecule has 0 bridgehead atoms. The Balaban J connectivity index is 1.86. The van der Waals surface area contributed by atoms with E-state index in [2.05, 4.69) is 23.8 Å². The maximum atomic E-state index is 12.3. The van der Waals surface area contributed by atoms with Gasteiger partial charge in [0.25, 0.3) is 0 Å². The van der Waals surface area contributed by atoms with Crippen LogP contribution in [0.5, 0.6) is 0 Å². The zero-order valence-corrected chi connectivity index (χ0v) is 10.6. The third-order valence-corrected chi connectivity index (χ3v) is 4.07. The van der Waals surface area contributed by atoms with Crippen molar-refractivity contribution >= 4 is 5.91 Å². The van der Waals surface area contributed by atoms with Crippen molar-refractivity contribution in [2.75, 3.05) is 33.2 Å². The molecule has 0 spiro atoms. The maximum absolute atomic E-state index is 12.3. The number of rotatable bonds is 1. The minimum absolute atomic E-state index is 0.271. The van der Waals surface area contributed by atoms with E-state index in [9.17, 15) is 4.79 Å². The first-order valence-corrected chi connectivity index (χ1v) is 6.64. The molecular weight excluding hydrogens is 200 g/mol. The van der Waals surface area contributed by atoms with Gasteiger partial charge in [-0.15, -0.1) is 0 Å². The molecule has 2 fully saturated rings. The van der Waals surface area contributed by atoms with Gasteiger partial charge in [0.05, 0.1) is 5.92 Å². The van der Waals surface area contributed by atoms with E-state index in [-0.39, 0.29) is 5.92 Å². The van der Waals surface area contributed by atoms with E-state index in [4.69, 9.17) is 0 Å². The molecule has 0 saturated carbocycles. The summed E-state index contributed by atoms with van der Waals surface area (Å²) < 4.78 is 0. The quantitative estimate of drug-likeness (QED) is 0.675. The molecule has 2 heterocycles. The molecule has 2 aliphatic heterocycles. The van der Waals surface area contributed by atoms with Crippen molar-refractivity contribution in [3.05, 3.63) is 0 Å². The van der Waals surface area contributed by atoms with Gasteiger partial charge in [-0.05, 0) is 45.2 Å². The Hall–Kier alpha value is -0.570. The first-order chi connectivity index (χ1) is 7.66. The number of carbonyl (C=O) groups excluding carboxylic acids is 1. The van der Waals surface area contributed by atoms with E-state index in [1.165, 1.54) is 19.3 Å². The van der Waals surface area contributed by atoms with Crippen LogP contribution in [0.25, 0.3) is 0 Å². The second-order valence-electron chi connectivity index (χ2n) is 5.61. The molecule has 0 aromatic heterocycles. The number of hydrogen-bond acceptors (Lipinski definition) is 2. The average Bonchev–Trinajstić information content (AvgIpc) is 2.29. The van der Waals surface area contributed by atoms with Gasteiger partial charge in [0.1, 0.15) is 0 Å². The van der Waals surface area contributed by atoms with Crippen molar-refractivity contribution in [1.29, 1.82) is 0 Å². The Morgan fingerprint density at radius 2 is 1.81 bits per heavy atom. The van der Waals surface area contributed by atoms with E-state index in [0.29, 0.717) is 5.91 Å². The molecule has 0 N–H and O–H groups in total. The monoisotopic (exact) mass is 224 g/mol. The number of likely N-dealkylation sites (tertiary alicyclic amines) is 2. The Labute approximate surface area is 98.8 Å². The highest BCUT2D eigenvalue weighted by Crippen LogP contribution is 2.22. The summed E-state index contributed by atoms with van der Waals surface area (Å²) >= 11 is 0. The Morgan fingerprint density at radius 3 is 2.44 bits per heavy atom. The van der Waals surface area contributed by atoms with E-state index >= 15 is 0 Å². The Bertz CT molecular complexity index is 246. The third kappa shape index (κ3) is 2.76. The van der Waals surface area contributed by atoms with Gasteiger partial charge < -0.3 is 9.80 Å². The van der Waals surface area contributed by atoms with Gasteiger partial charge >= 0.3 is 0 Å². The molecule has 0 aromatic carbocycles. The van der Waals surface area contributed by atoms with Crippen molar-refractivity contribution < 1.29 is 4.79 Å². The van der Waals surface area contributed by atoms with E-state index < -0.39 is 0 Å². The Morgan fingerprint density at radius 1 is 1.12 bits per heavy atom. The maximum Gasteiger partial charge on any atom is 0.226 e. The van der Waals surface area contributed by atoms with Gasteiger partial charge in [0.15, 0.2) is 0 Å². The van der Waals surface area contributed by atoms with E-state index in [1.54, 1.807) is 0 Å². The average molecular weight is 224 g/mol. The Kier molecular flexibility index (Phi) is 3.85. The van der Waals surface area contributed by atoms with Crippen LogP contribution in [-0.2, 0) is 4.79 Å². The molecule has 0 aliphatic carbocycles. The van der Waals surface area contributed by atoms with Gasteiger partial charge in [-0.1, -0.05) is 6.92 Å². The summed E-state index contributed by atoms with van der Waals surface area (Å²) in [5, 5.41) is 0. The van der Waals surface area contributed by atoms with Crippen molar-refractivity contribution in [2.45, 2.75) is 32.6 Å². The topological polar surface area (TPSA) is 23.6 Å². The summed E-state index contributed by atoms with van der Waals surface area (Å²) in [6, 6.07) is 0. The van der Waals surface area contributed by atoms with Gasteiger partial charge in [-0.25, -0.2) is 0 Å². The van der Waals surface area contributed by atoms with Crippen molar-refractivity contribution in [3.8, 4) is 0 Å². The lowest BCUT2D eigenvalue weighted by Gasteiger charge is -2.36. The van der Waals surface area contributed by atoms with Gasteiger partial charge in [0.2, 0.25) is 5.91 Å². The lowest BCUT2D eigenvalue weighted by atomic mass is 9.94. The lowest BCUT2D eigenvalue weighted by Crippen LogP contribution is -2.46. The van der Waals surface area contributed by atoms with Crippen LogP contribution >= 0.6 is 0 Å². The molecule has 2 saturated heterocycles. The second-order valence-corrected chi connectivity index (χ2v) is 5.61. The van der Waals surface area contributed by atoms with Crippen LogP contribution in [0.2, 0.25) is 0 Å². The SMILES string of the molecule is CC1CCN(C(=O)C2CCCN(C)C2)CC1. The zero-order chi connectivity index (χ0) is 11.5. The van der Waals surface area contributed by atoms with E-state index in [0.717, 1.165) is 38.5 Å². The van der Waals surface area contributed by atoms with Gasteiger partial charge in [0, 0.05) is 19.6 Å². The summed E-state index contributed by atoms with van der Waals surface area (Å²) in [6.07, 6.45) is 4.65. The normalized spacial score (nSPS) is 29.4.